The van der Waals surface area contributed by atoms with E-state index < -0.39 is 0 Å². The highest BCUT2D eigenvalue weighted by Crippen LogP contribution is 2.33. The third-order valence-corrected chi connectivity index (χ3v) is 5.86. The van der Waals surface area contributed by atoms with Gasteiger partial charge in [0.05, 0.1) is 18.5 Å². The highest BCUT2D eigenvalue weighted by Gasteiger charge is 2.16. The molecule has 3 aromatic rings. The van der Waals surface area contributed by atoms with Crippen LogP contribution in [0.4, 0.5) is 0 Å². The Kier molecular flexibility index (Phi) is 6.40. The first-order valence-electron chi connectivity index (χ1n) is 9.41. The van der Waals surface area contributed by atoms with Crippen LogP contribution >= 0.6 is 31.9 Å². The number of aromatic nitrogens is 2. The summed E-state index contributed by atoms with van der Waals surface area (Å²) in [6.07, 6.45) is 4.02. The summed E-state index contributed by atoms with van der Waals surface area (Å²) < 4.78 is 8.05. The van der Waals surface area contributed by atoms with E-state index in [1.807, 2.05) is 36.4 Å². The first-order valence-corrected chi connectivity index (χ1v) is 11.0. The topological polar surface area (TPSA) is 47.0 Å². The normalized spacial score (nSPS) is 14.8. The fourth-order valence-corrected chi connectivity index (χ4v) is 4.18. The molecular weight excluding hydrogens is 482 g/mol. The number of ether oxygens (including phenoxy) is 1. The Morgan fingerprint density at radius 2 is 1.57 bits per heavy atom. The minimum absolute atomic E-state index is 0.571. The summed E-state index contributed by atoms with van der Waals surface area (Å²) in [6.45, 7) is 2.81. The van der Waals surface area contributed by atoms with Crippen molar-refractivity contribution in [3.05, 3.63) is 63.7 Å². The lowest BCUT2D eigenvalue weighted by Crippen LogP contribution is -2.30. The van der Waals surface area contributed by atoms with Crippen LogP contribution in [0.3, 0.4) is 0 Å². The first-order chi connectivity index (χ1) is 13.7. The van der Waals surface area contributed by atoms with Crippen LogP contribution in [0.25, 0.3) is 22.5 Å². The second kappa shape index (κ2) is 9.16. The van der Waals surface area contributed by atoms with Crippen LogP contribution in [-0.2, 0) is 0 Å². The van der Waals surface area contributed by atoms with E-state index in [4.69, 9.17) is 14.7 Å². The molecule has 1 saturated heterocycles. The van der Waals surface area contributed by atoms with Crippen molar-refractivity contribution < 1.29 is 4.74 Å². The van der Waals surface area contributed by atoms with E-state index in [-0.39, 0.29) is 0 Å². The minimum Gasteiger partial charge on any atom is -0.476 e. The second-order valence-corrected chi connectivity index (χ2v) is 8.76. The summed E-state index contributed by atoms with van der Waals surface area (Å²) in [7, 11) is 0. The van der Waals surface area contributed by atoms with Crippen molar-refractivity contribution in [3.63, 3.8) is 0 Å². The molecule has 4 rings (SSSR count). The molecule has 1 aliphatic rings. The van der Waals surface area contributed by atoms with Gasteiger partial charge in [0.15, 0.2) is 0 Å². The molecule has 0 radical (unpaired) electrons. The number of nitrogens with one attached hydrogen (secondary N) is 1. The van der Waals surface area contributed by atoms with E-state index in [2.05, 4.69) is 49.3 Å². The number of piperidine rings is 1. The Morgan fingerprint density at radius 1 is 0.929 bits per heavy atom. The quantitative estimate of drug-likeness (QED) is 0.485. The lowest BCUT2D eigenvalue weighted by molar-refractivity contribution is 0.208. The monoisotopic (exact) mass is 501 g/mol. The third kappa shape index (κ3) is 4.80. The molecule has 2 aromatic carbocycles. The molecule has 1 aliphatic heterocycles. The maximum absolute atomic E-state index is 6.03. The molecule has 0 amide bonds. The Labute approximate surface area is 182 Å². The number of hydrogen-bond acceptors (Lipinski definition) is 4. The first kappa shape index (κ1) is 19.6. The maximum atomic E-state index is 6.03. The van der Waals surface area contributed by atoms with Crippen molar-refractivity contribution in [2.45, 2.75) is 12.8 Å². The van der Waals surface area contributed by atoms with E-state index in [1.54, 1.807) is 6.20 Å². The van der Waals surface area contributed by atoms with Gasteiger partial charge >= 0.3 is 0 Å². The average molecular weight is 503 g/mol. The lowest BCUT2D eigenvalue weighted by atomic mass is 9.99. The Morgan fingerprint density at radius 3 is 2.21 bits per heavy atom. The second-order valence-electron chi connectivity index (χ2n) is 6.93. The summed E-state index contributed by atoms with van der Waals surface area (Å²) in [5, 5.41) is 3.39. The molecular formula is C22H21Br2N3O. The van der Waals surface area contributed by atoms with Gasteiger partial charge in [-0.15, -0.1) is 0 Å². The van der Waals surface area contributed by atoms with E-state index in [1.165, 1.54) is 0 Å². The van der Waals surface area contributed by atoms with Gasteiger partial charge in [0, 0.05) is 20.1 Å². The van der Waals surface area contributed by atoms with Crippen LogP contribution in [0.5, 0.6) is 5.88 Å². The molecule has 4 nitrogen and oxygen atoms in total. The van der Waals surface area contributed by atoms with Gasteiger partial charge in [-0.25, -0.2) is 9.97 Å². The summed E-state index contributed by atoms with van der Waals surface area (Å²) in [5.74, 6) is 1.15. The number of nitrogens with zero attached hydrogens (tertiary/aromatic N) is 2. The summed E-state index contributed by atoms with van der Waals surface area (Å²) >= 11 is 7.11. The van der Waals surface area contributed by atoms with E-state index in [0.717, 1.165) is 57.4 Å². The van der Waals surface area contributed by atoms with Crippen molar-refractivity contribution in [1.29, 1.82) is 0 Å². The standard InChI is InChI=1S/C22H21Br2N3O/c23-18-5-1-3-16(11-18)21-22(17-4-2-6-19(24)12-17)27-20(13-26-21)28-14-15-7-9-25-10-8-15/h1-6,11-13,15,25H,7-10,14H2. The number of hydrogen-bond donors (Lipinski definition) is 1. The van der Waals surface area contributed by atoms with Crippen molar-refractivity contribution in [2.24, 2.45) is 5.92 Å². The number of benzene rings is 2. The van der Waals surface area contributed by atoms with E-state index in [0.29, 0.717) is 18.4 Å². The largest absolute Gasteiger partial charge is 0.476 e. The zero-order valence-electron chi connectivity index (χ0n) is 15.4. The predicted molar refractivity (Wildman–Crippen MR) is 119 cm³/mol. The molecule has 0 saturated carbocycles. The van der Waals surface area contributed by atoms with Crippen LogP contribution in [0.1, 0.15) is 12.8 Å². The minimum atomic E-state index is 0.571. The average Bonchev–Trinajstić information content (AvgIpc) is 2.73. The highest BCUT2D eigenvalue weighted by molar-refractivity contribution is 9.10. The van der Waals surface area contributed by atoms with Crippen LogP contribution in [0.15, 0.2) is 63.7 Å². The van der Waals surface area contributed by atoms with Gasteiger partial charge in [0.25, 0.3) is 0 Å². The Balaban J connectivity index is 1.68. The van der Waals surface area contributed by atoms with Crippen LogP contribution in [-0.4, -0.2) is 29.7 Å². The van der Waals surface area contributed by atoms with Crippen molar-refractivity contribution in [2.75, 3.05) is 19.7 Å². The van der Waals surface area contributed by atoms with E-state index >= 15 is 0 Å². The smallest absolute Gasteiger partial charge is 0.232 e. The molecule has 1 fully saturated rings. The molecule has 0 spiro atoms. The van der Waals surface area contributed by atoms with Crippen molar-refractivity contribution in [3.8, 4) is 28.4 Å². The fourth-order valence-electron chi connectivity index (χ4n) is 3.38. The van der Waals surface area contributed by atoms with Crippen LogP contribution in [0.2, 0.25) is 0 Å². The molecule has 6 heteroatoms. The van der Waals surface area contributed by atoms with Crippen molar-refractivity contribution >= 4 is 31.9 Å². The zero-order valence-corrected chi connectivity index (χ0v) is 18.5. The molecule has 28 heavy (non-hydrogen) atoms. The number of rotatable bonds is 5. The molecule has 0 aliphatic carbocycles. The van der Waals surface area contributed by atoms with Gasteiger partial charge in [-0.2, -0.15) is 0 Å². The van der Waals surface area contributed by atoms with Gasteiger partial charge in [-0.1, -0.05) is 56.1 Å². The summed E-state index contributed by atoms with van der Waals surface area (Å²) in [6, 6.07) is 16.2. The van der Waals surface area contributed by atoms with Crippen molar-refractivity contribution in [1.82, 2.24) is 15.3 Å². The number of halogens is 2. The zero-order chi connectivity index (χ0) is 19.3. The van der Waals surface area contributed by atoms with Gasteiger partial charge in [-0.3, -0.25) is 0 Å². The fraction of sp³-hybridized carbons (Fsp3) is 0.273. The molecule has 1 N–H and O–H groups in total. The maximum Gasteiger partial charge on any atom is 0.232 e. The SMILES string of the molecule is Brc1cccc(-c2ncc(OCC3CCNCC3)nc2-c2cccc(Br)c2)c1. The molecule has 0 unspecified atom stereocenters. The molecule has 144 valence electrons. The predicted octanol–water partition coefficient (Wildman–Crippen LogP) is 5.71. The van der Waals surface area contributed by atoms with Gasteiger partial charge in [0.1, 0.15) is 5.69 Å². The Bertz CT molecular complexity index is 958. The molecule has 0 bridgehead atoms. The van der Waals surface area contributed by atoms with Crippen LogP contribution < -0.4 is 10.1 Å². The Hall–Kier alpha value is -1.76. The van der Waals surface area contributed by atoms with E-state index in [9.17, 15) is 0 Å². The molecule has 1 aromatic heterocycles. The summed E-state index contributed by atoms with van der Waals surface area (Å²) in [5.41, 5.74) is 3.68. The summed E-state index contributed by atoms with van der Waals surface area (Å²) in [4.78, 5) is 9.56. The third-order valence-electron chi connectivity index (χ3n) is 4.87. The van der Waals surface area contributed by atoms with Gasteiger partial charge in [-0.05, 0) is 56.1 Å². The van der Waals surface area contributed by atoms with Crippen LogP contribution in [0, 0.1) is 5.92 Å². The highest BCUT2D eigenvalue weighted by atomic mass is 79.9. The van der Waals surface area contributed by atoms with Gasteiger partial charge < -0.3 is 10.1 Å². The van der Waals surface area contributed by atoms with Gasteiger partial charge in [0.2, 0.25) is 5.88 Å². The lowest BCUT2D eigenvalue weighted by Gasteiger charge is -2.22. The molecule has 2 heterocycles. The molecule has 0 atom stereocenters.